The number of aliphatic hydroxyl groups is 1. The zero-order valence-electron chi connectivity index (χ0n) is 11.5. The Morgan fingerprint density at radius 3 is 2.80 bits per heavy atom. The van der Waals surface area contributed by atoms with Crippen LogP contribution in [0, 0.1) is 0 Å². The van der Waals surface area contributed by atoms with Crippen molar-refractivity contribution in [1.82, 2.24) is 9.21 Å². The summed E-state index contributed by atoms with van der Waals surface area (Å²) in [4.78, 5) is 2.24. The first-order valence-corrected chi connectivity index (χ1v) is 8.65. The molecule has 0 aromatic carbocycles. The molecule has 0 amide bonds. The van der Waals surface area contributed by atoms with E-state index in [1.165, 1.54) is 10.4 Å². The van der Waals surface area contributed by atoms with Crippen molar-refractivity contribution < 1.29 is 17.9 Å². The highest BCUT2D eigenvalue weighted by atomic mass is 79.9. The molecule has 1 atom stereocenters. The Kier molecular flexibility index (Phi) is 4.91. The standard InChI is InChI=1S/C12H19BrN2O4S/c1-14-5-3-4-9(14)7-15(2)20(17,18)11-6-10(8-16)19-12(11)13/h6,9,16H,3-5,7-8H2,1-2H3. The van der Waals surface area contributed by atoms with Crippen molar-refractivity contribution in [3.63, 3.8) is 0 Å². The number of nitrogens with zero attached hydrogens (tertiary/aromatic N) is 2. The number of aliphatic hydroxyl groups excluding tert-OH is 1. The zero-order chi connectivity index (χ0) is 14.9. The summed E-state index contributed by atoms with van der Waals surface area (Å²) < 4.78 is 31.6. The van der Waals surface area contributed by atoms with Crippen LogP contribution in [-0.2, 0) is 16.6 Å². The maximum absolute atomic E-state index is 12.5. The van der Waals surface area contributed by atoms with E-state index in [1.54, 1.807) is 7.05 Å². The van der Waals surface area contributed by atoms with Crippen molar-refractivity contribution in [1.29, 1.82) is 0 Å². The Morgan fingerprint density at radius 1 is 1.60 bits per heavy atom. The fourth-order valence-corrected chi connectivity index (χ4v) is 4.59. The molecule has 114 valence electrons. The van der Waals surface area contributed by atoms with Crippen LogP contribution in [0.15, 0.2) is 20.0 Å². The molecule has 1 aliphatic rings. The Labute approximate surface area is 127 Å². The van der Waals surface area contributed by atoms with Gasteiger partial charge in [-0.1, -0.05) is 0 Å². The predicted molar refractivity (Wildman–Crippen MR) is 77.8 cm³/mol. The molecule has 0 aliphatic carbocycles. The number of halogens is 1. The topological polar surface area (TPSA) is 74.0 Å². The van der Waals surface area contributed by atoms with Gasteiger partial charge in [-0.25, -0.2) is 8.42 Å². The minimum atomic E-state index is -3.61. The number of hydrogen-bond donors (Lipinski definition) is 1. The zero-order valence-corrected chi connectivity index (χ0v) is 13.9. The van der Waals surface area contributed by atoms with Crippen LogP contribution in [0.25, 0.3) is 0 Å². The Hall–Kier alpha value is -0.410. The largest absolute Gasteiger partial charge is 0.450 e. The van der Waals surface area contributed by atoms with Crippen LogP contribution < -0.4 is 0 Å². The molecule has 1 saturated heterocycles. The third-order valence-corrected chi connectivity index (χ3v) is 6.37. The van der Waals surface area contributed by atoms with E-state index in [-0.39, 0.29) is 28.0 Å². The van der Waals surface area contributed by atoms with Crippen molar-refractivity contribution in [2.45, 2.75) is 30.4 Å². The lowest BCUT2D eigenvalue weighted by molar-refractivity contribution is 0.245. The molecule has 0 saturated carbocycles. The highest BCUT2D eigenvalue weighted by Crippen LogP contribution is 2.29. The molecule has 8 heteroatoms. The lowest BCUT2D eigenvalue weighted by Gasteiger charge is -2.25. The molecule has 6 nitrogen and oxygen atoms in total. The summed E-state index contributed by atoms with van der Waals surface area (Å²) >= 11 is 3.09. The second-order valence-corrected chi connectivity index (χ2v) is 7.80. The summed E-state index contributed by atoms with van der Waals surface area (Å²) in [6, 6.07) is 1.60. The molecule has 0 radical (unpaired) electrons. The quantitative estimate of drug-likeness (QED) is 0.848. The number of furan rings is 1. The first-order valence-electron chi connectivity index (χ1n) is 6.42. The van der Waals surface area contributed by atoms with E-state index < -0.39 is 10.0 Å². The van der Waals surface area contributed by atoms with Crippen molar-refractivity contribution in [3.8, 4) is 0 Å². The Morgan fingerprint density at radius 2 is 2.30 bits per heavy atom. The van der Waals surface area contributed by atoms with Crippen LogP contribution in [0.2, 0.25) is 0 Å². The van der Waals surface area contributed by atoms with Gasteiger partial charge in [0.05, 0.1) is 0 Å². The molecule has 20 heavy (non-hydrogen) atoms. The minimum Gasteiger partial charge on any atom is -0.450 e. The van der Waals surface area contributed by atoms with Crippen molar-refractivity contribution >= 4 is 26.0 Å². The number of likely N-dealkylation sites (N-methyl/N-ethyl adjacent to an activating group) is 2. The van der Waals surface area contributed by atoms with Gasteiger partial charge in [-0.05, 0) is 42.4 Å². The van der Waals surface area contributed by atoms with Gasteiger partial charge < -0.3 is 14.4 Å². The van der Waals surface area contributed by atoms with E-state index in [0.29, 0.717) is 6.54 Å². The summed E-state index contributed by atoms with van der Waals surface area (Å²) in [5.74, 6) is 0.224. The molecular formula is C12H19BrN2O4S. The van der Waals surface area contributed by atoms with E-state index >= 15 is 0 Å². The number of sulfonamides is 1. The molecule has 2 rings (SSSR count). The van der Waals surface area contributed by atoms with E-state index in [2.05, 4.69) is 20.8 Å². The van der Waals surface area contributed by atoms with Crippen LogP contribution in [0.4, 0.5) is 0 Å². The molecule has 1 fully saturated rings. The van der Waals surface area contributed by atoms with Gasteiger partial charge in [0, 0.05) is 25.7 Å². The first-order chi connectivity index (χ1) is 9.36. The van der Waals surface area contributed by atoms with Crippen LogP contribution in [0.1, 0.15) is 18.6 Å². The molecule has 0 spiro atoms. The van der Waals surface area contributed by atoms with Crippen LogP contribution in [-0.4, -0.2) is 56.0 Å². The fourth-order valence-electron chi connectivity index (χ4n) is 2.42. The van der Waals surface area contributed by atoms with E-state index in [4.69, 9.17) is 9.52 Å². The Bertz CT molecular complexity index is 572. The molecule has 2 heterocycles. The number of likely N-dealkylation sites (tertiary alicyclic amines) is 1. The third-order valence-electron chi connectivity index (χ3n) is 3.69. The van der Waals surface area contributed by atoms with Gasteiger partial charge >= 0.3 is 0 Å². The molecule has 1 aliphatic heterocycles. The molecule has 1 aromatic rings. The average Bonchev–Trinajstić information content (AvgIpc) is 2.96. The lowest BCUT2D eigenvalue weighted by atomic mass is 10.2. The Balaban J connectivity index is 2.18. The fraction of sp³-hybridized carbons (Fsp3) is 0.667. The number of hydrogen-bond acceptors (Lipinski definition) is 5. The number of rotatable bonds is 5. The highest BCUT2D eigenvalue weighted by molar-refractivity contribution is 9.10. The van der Waals surface area contributed by atoms with E-state index in [0.717, 1.165) is 19.4 Å². The van der Waals surface area contributed by atoms with Gasteiger partial charge in [-0.3, -0.25) is 0 Å². The first kappa shape index (κ1) is 16.0. The van der Waals surface area contributed by atoms with Crippen molar-refractivity contribution in [3.05, 3.63) is 16.5 Å². The SMILES string of the molecule is CN1CCCC1CN(C)S(=O)(=O)c1cc(CO)oc1Br. The van der Waals surface area contributed by atoms with Crippen LogP contribution >= 0.6 is 15.9 Å². The monoisotopic (exact) mass is 366 g/mol. The summed E-state index contributed by atoms with van der Waals surface area (Å²) in [7, 11) is -0.0362. The van der Waals surface area contributed by atoms with Gasteiger partial charge in [0.15, 0.2) is 4.67 Å². The summed E-state index contributed by atoms with van der Waals surface area (Å²) in [6.07, 6.45) is 2.10. The van der Waals surface area contributed by atoms with Gasteiger partial charge in [-0.15, -0.1) is 0 Å². The molecule has 1 N–H and O–H groups in total. The van der Waals surface area contributed by atoms with Gasteiger partial charge in [0.2, 0.25) is 10.0 Å². The molecule has 1 aromatic heterocycles. The van der Waals surface area contributed by atoms with Crippen LogP contribution in [0.5, 0.6) is 0 Å². The molecular weight excluding hydrogens is 348 g/mol. The molecule has 0 bridgehead atoms. The molecule has 1 unspecified atom stereocenters. The summed E-state index contributed by atoms with van der Waals surface area (Å²) in [6.45, 7) is 1.12. The van der Waals surface area contributed by atoms with Gasteiger partial charge in [0.1, 0.15) is 17.3 Å². The normalized spacial score (nSPS) is 20.9. The summed E-state index contributed by atoms with van der Waals surface area (Å²) in [5, 5.41) is 9.01. The minimum absolute atomic E-state index is 0.0599. The van der Waals surface area contributed by atoms with Gasteiger partial charge in [-0.2, -0.15) is 4.31 Å². The van der Waals surface area contributed by atoms with Gasteiger partial charge in [0.25, 0.3) is 0 Å². The predicted octanol–water partition coefficient (Wildman–Crippen LogP) is 1.25. The second kappa shape index (κ2) is 6.15. The smallest absolute Gasteiger partial charge is 0.247 e. The van der Waals surface area contributed by atoms with Crippen molar-refractivity contribution in [2.24, 2.45) is 0 Å². The average molecular weight is 367 g/mol. The van der Waals surface area contributed by atoms with Crippen molar-refractivity contribution in [2.75, 3.05) is 27.2 Å². The lowest BCUT2D eigenvalue weighted by Crippen LogP contribution is -2.39. The summed E-state index contributed by atoms with van der Waals surface area (Å²) in [5.41, 5.74) is 0. The van der Waals surface area contributed by atoms with E-state index in [1.807, 2.05) is 7.05 Å². The third kappa shape index (κ3) is 3.09. The maximum atomic E-state index is 12.5. The van der Waals surface area contributed by atoms with Crippen LogP contribution in [0.3, 0.4) is 0 Å². The maximum Gasteiger partial charge on any atom is 0.247 e. The van der Waals surface area contributed by atoms with E-state index in [9.17, 15) is 8.42 Å². The second-order valence-electron chi connectivity index (χ2n) is 5.07. The highest BCUT2D eigenvalue weighted by Gasteiger charge is 2.31.